The predicted molar refractivity (Wildman–Crippen MR) is 117 cm³/mol. The second-order valence-corrected chi connectivity index (χ2v) is 8.94. The van der Waals surface area contributed by atoms with Gasteiger partial charge >= 0.3 is 0 Å². The van der Waals surface area contributed by atoms with E-state index in [0.717, 1.165) is 24.2 Å². The molecule has 29 heavy (non-hydrogen) atoms. The van der Waals surface area contributed by atoms with Crippen molar-refractivity contribution in [1.82, 2.24) is 9.62 Å². The number of rotatable bonds is 7. The van der Waals surface area contributed by atoms with Crippen LogP contribution in [0.3, 0.4) is 0 Å². The minimum atomic E-state index is -3.53. The number of nitrogens with zero attached hydrogens (tertiary/aromatic N) is 1. The Morgan fingerprint density at radius 3 is 2.45 bits per heavy atom. The van der Waals surface area contributed by atoms with E-state index in [4.69, 9.17) is 21.7 Å². The normalized spacial score (nSPS) is 14.4. The first-order valence-corrected chi connectivity index (χ1v) is 11.2. The molecule has 0 bridgehead atoms. The number of methoxy groups -OCH3 is 2. The zero-order valence-corrected chi connectivity index (χ0v) is 18.1. The Labute approximate surface area is 177 Å². The van der Waals surface area contributed by atoms with E-state index in [1.54, 1.807) is 25.3 Å². The van der Waals surface area contributed by atoms with Crippen molar-refractivity contribution in [1.29, 1.82) is 0 Å². The Morgan fingerprint density at radius 1 is 1.07 bits per heavy atom. The Kier molecular flexibility index (Phi) is 6.94. The quantitative estimate of drug-likeness (QED) is 0.647. The van der Waals surface area contributed by atoms with Gasteiger partial charge in [0.05, 0.1) is 24.8 Å². The first-order chi connectivity index (χ1) is 14.0. The summed E-state index contributed by atoms with van der Waals surface area (Å²) in [6.07, 6.45) is 1.77. The maximum absolute atomic E-state index is 12.8. The zero-order valence-electron chi connectivity index (χ0n) is 16.5. The summed E-state index contributed by atoms with van der Waals surface area (Å²) in [5.74, 6) is 1.27. The van der Waals surface area contributed by atoms with Gasteiger partial charge in [0.1, 0.15) is 11.5 Å². The lowest BCUT2D eigenvalue weighted by Crippen LogP contribution is -2.29. The number of benzene rings is 2. The van der Waals surface area contributed by atoms with Gasteiger partial charge in [0.2, 0.25) is 10.0 Å². The predicted octanol–water partition coefficient (Wildman–Crippen LogP) is 2.97. The molecule has 1 fully saturated rings. The molecule has 3 rings (SSSR count). The third-order valence-electron chi connectivity index (χ3n) is 4.75. The van der Waals surface area contributed by atoms with Gasteiger partial charge in [-0.25, -0.2) is 8.42 Å². The van der Waals surface area contributed by atoms with Crippen molar-refractivity contribution in [2.45, 2.75) is 24.3 Å². The highest BCUT2D eigenvalue weighted by Crippen LogP contribution is 2.30. The molecule has 0 aliphatic carbocycles. The summed E-state index contributed by atoms with van der Waals surface area (Å²) >= 11 is 5.39. The van der Waals surface area contributed by atoms with Gasteiger partial charge in [0.15, 0.2) is 5.11 Å². The Morgan fingerprint density at radius 2 is 1.76 bits per heavy atom. The monoisotopic (exact) mass is 435 g/mol. The molecule has 2 aromatic carbocycles. The minimum Gasteiger partial charge on any atom is -0.496 e. The van der Waals surface area contributed by atoms with Gasteiger partial charge in [0, 0.05) is 25.2 Å². The molecular formula is C20H25N3O4S2. The van der Waals surface area contributed by atoms with Crippen LogP contribution in [-0.2, 0) is 16.6 Å². The summed E-state index contributed by atoms with van der Waals surface area (Å²) in [5.41, 5.74) is 1.45. The van der Waals surface area contributed by atoms with Crippen LogP contribution in [0, 0.1) is 0 Å². The van der Waals surface area contributed by atoms with Crippen LogP contribution in [-0.4, -0.2) is 45.1 Å². The van der Waals surface area contributed by atoms with E-state index in [1.165, 1.54) is 11.4 Å². The molecule has 1 aliphatic heterocycles. The SMILES string of the molecule is COc1ccccc1CNC(=S)Nc1cc(S(=O)(=O)N2CCCC2)ccc1OC. The fourth-order valence-electron chi connectivity index (χ4n) is 3.21. The van der Waals surface area contributed by atoms with Crippen molar-refractivity contribution < 1.29 is 17.9 Å². The zero-order chi connectivity index (χ0) is 20.9. The second kappa shape index (κ2) is 9.43. The Balaban J connectivity index is 1.74. The van der Waals surface area contributed by atoms with Crippen molar-refractivity contribution in [3.8, 4) is 11.5 Å². The van der Waals surface area contributed by atoms with Crippen molar-refractivity contribution in [3.05, 3.63) is 48.0 Å². The maximum atomic E-state index is 12.8. The molecule has 9 heteroatoms. The molecule has 1 saturated heterocycles. The average Bonchev–Trinajstić information content (AvgIpc) is 3.28. The number of hydrogen-bond donors (Lipinski definition) is 2. The maximum Gasteiger partial charge on any atom is 0.243 e. The molecule has 1 heterocycles. The van der Waals surface area contributed by atoms with E-state index in [0.29, 0.717) is 36.2 Å². The van der Waals surface area contributed by atoms with Crippen LogP contribution >= 0.6 is 12.2 Å². The number of sulfonamides is 1. The Bertz CT molecular complexity index is 973. The number of nitrogens with one attached hydrogen (secondary N) is 2. The molecule has 2 N–H and O–H groups in total. The lowest BCUT2D eigenvalue weighted by atomic mass is 10.2. The van der Waals surface area contributed by atoms with Gasteiger partial charge in [-0.1, -0.05) is 18.2 Å². The fraction of sp³-hybridized carbons (Fsp3) is 0.350. The van der Waals surface area contributed by atoms with Crippen molar-refractivity contribution in [2.75, 3.05) is 32.6 Å². The number of para-hydroxylation sites is 1. The fourth-order valence-corrected chi connectivity index (χ4v) is 4.94. The summed E-state index contributed by atoms with van der Waals surface area (Å²) in [5, 5.41) is 6.51. The van der Waals surface area contributed by atoms with E-state index in [1.807, 2.05) is 24.3 Å². The molecule has 2 aromatic rings. The van der Waals surface area contributed by atoms with Crippen molar-refractivity contribution >= 4 is 33.0 Å². The van der Waals surface area contributed by atoms with Crippen LogP contribution in [0.2, 0.25) is 0 Å². The first-order valence-electron chi connectivity index (χ1n) is 9.30. The number of anilines is 1. The lowest BCUT2D eigenvalue weighted by molar-refractivity contribution is 0.409. The minimum absolute atomic E-state index is 0.218. The third-order valence-corrected chi connectivity index (χ3v) is 6.89. The Hall–Kier alpha value is -2.36. The highest BCUT2D eigenvalue weighted by atomic mass is 32.2. The van der Waals surface area contributed by atoms with Crippen LogP contribution in [0.15, 0.2) is 47.4 Å². The highest BCUT2D eigenvalue weighted by Gasteiger charge is 2.28. The van der Waals surface area contributed by atoms with E-state index < -0.39 is 10.0 Å². The molecule has 0 spiro atoms. The van der Waals surface area contributed by atoms with Gasteiger partial charge < -0.3 is 20.1 Å². The van der Waals surface area contributed by atoms with E-state index in [2.05, 4.69) is 10.6 Å². The highest BCUT2D eigenvalue weighted by molar-refractivity contribution is 7.89. The third kappa shape index (κ3) is 4.98. The summed E-state index contributed by atoms with van der Waals surface area (Å²) in [6, 6.07) is 12.4. The van der Waals surface area contributed by atoms with Crippen molar-refractivity contribution in [3.63, 3.8) is 0 Å². The van der Waals surface area contributed by atoms with E-state index in [9.17, 15) is 8.42 Å². The molecule has 0 unspecified atom stereocenters. The van der Waals surface area contributed by atoms with Gasteiger partial charge in [-0.05, 0) is 49.3 Å². The molecule has 1 aliphatic rings. The largest absolute Gasteiger partial charge is 0.496 e. The van der Waals surface area contributed by atoms with Crippen LogP contribution in [0.25, 0.3) is 0 Å². The molecule has 0 atom stereocenters. The molecular weight excluding hydrogens is 410 g/mol. The number of thiocarbonyl (C=S) groups is 1. The summed E-state index contributed by atoms with van der Waals surface area (Å²) in [6.45, 7) is 1.57. The van der Waals surface area contributed by atoms with Gasteiger partial charge in [-0.3, -0.25) is 0 Å². The number of hydrogen-bond acceptors (Lipinski definition) is 5. The summed E-state index contributed by atoms with van der Waals surface area (Å²) < 4.78 is 37.9. The van der Waals surface area contributed by atoms with Gasteiger partial charge in [-0.2, -0.15) is 4.31 Å². The molecule has 7 nitrogen and oxygen atoms in total. The number of ether oxygens (including phenoxy) is 2. The molecule has 0 radical (unpaired) electrons. The van der Waals surface area contributed by atoms with Gasteiger partial charge in [0.25, 0.3) is 0 Å². The standard InChI is InChI=1S/C20H25N3O4S2/c1-26-18-8-4-3-7-15(18)14-21-20(28)22-17-13-16(9-10-19(17)27-2)29(24,25)23-11-5-6-12-23/h3-4,7-10,13H,5-6,11-12,14H2,1-2H3,(H2,21,22,28). The molecule has 0 saturated carbocycles. The van der Waals surface area contributed by atoms with Gasteiger partial charge in [-0.15, -0.1) is 0 Å². The average molecular weight is 436 g/mol. The first kappa shape index (κ1) is 21.4. The van der Waals surface area contributed by atoms with E-state index in [-0.39, 0.29) is 4.90 Å². The van der Waals surface area contributed by atoms with E-state index >= 15 is 0 Å². The van der Waals surface area contributed by atoms with Crippen molar-refractivity contribution in [2.24, 2.45) is 0 Å². The summed E-state index contributed by atoms with van der Waals surface area (Å²) in [4.78, 5) is 0.218. The smallest absolute Gasteiger partial charge is 0.243 e. The molecule has 156 valence electrons. The molecule has 0 amide bonds. The molecule has 0 aromatic heterocycles. The van der Waals surface area contributed by atoms with Crippen LogP contribution in [0.4, 0.5) is 5.69 Å². The van der Waals surface area contributed by atoms with Crippen LogP contribution in [0.5, 0.6) is 11.5 Å². The topological polar surface area (TPSA) is 79.9 Å². The van der Waals surface area contributed by atoms with Crippen LogP contribution in [0.1, 0.15) is 18.4 Å². The second-order valence-electron chi connectivity index (χ2n) is 6.59. The van der Waals surface area contributed by atoms with Crippen LogP contribution < -0.4 is 20.1 Å². The summed E-state index contributed by atoms with van der Waals surface area (Å²) in [7, 11) is -0.383. The lowest BCUT2D eigenvalue weighted by Gasteiger charge is -2.18.